The highest BCUT2D eigenvalue weighted by Gasteiger charge is 2.32. The Morgan fingerprint density at radius 3 is 2.48 bits per heavy atom. The molecule has 0 aliphatic rings. The lowest BCUT2D eigenvalue weighted by molar-refractivity contribution is -0.142. The predicted molar refractivity (Wildman–Crippen MR) is 75.0 cm³/mol. The third-order valence-electron chi connectivity index (χ3n) is 3.36. The first-order valence-corrected chi connectivity index (χ1v) is 6.71. The Morgan fingerprint density at radius 1 is 1.29 bits per heavy atom. The zero-order valence-corrected chi connectivity index (χ0v) is 12.9. The third-order valence-corrected chi connectivity index (χ3v) is 3.36. The molecule has 0 aliphatic carbocycles. The molecule has 7 nitrogen and oxygen atoms in total. The molecule has 1 N–H and O–H groups in total. The Hall–Kier alpha value is -2.18. The van der Waals surface area contributed by atoms with E-state index < -0.39 is 11.4 Å². The molecule has 0 amide bonds. The van der Waals surface area contributed by atoms with Crippen molar-refractivity contribution < 1.29 is 14.4 Å². The average Bonchev–Trinajstić information content (AvgIpc) is 2.97. The molecular formula is C14H20N4O3. The molecule has 7 heteroatoms. The van der Waals surface area contributed by atoms with Gasteiger partial charge in [-0.3, -0.25) is 4.79 Å². The lowest BCUT2D eigenvalue weighted by atomic mass is 9.90. The fraction of sp³-hybridized carbons (Fsp3) is 0.571. The Morgan fingerprint density at radius 2 is 1.95 bits per heavy atom. The van der Waals surface area contributed by atoms with Crippen molar-refractivity contribution in [3.05, 3.63) is 29.4 Å². The lowest BCUT2D eigenvalue weighted by Crippen LogP contribution is -2.28. The molecule has 0 spiro atoms. The maximum absolute atomic E-state index is 11.2. The van der Waals surface area contributed by atoms with Crippen LogP contribution in [0, 0.1) is 0 Å². The summed E-state index contributed by atoms with van der Waals surface area (Å²) in [5.41, 5.74) is 0.117. The summed E-state index contributed by atoms with van der Waals surface area (Å²) in [6, 6.07) is 1.88. The summed E-state index contributed by atoms with van der Waals surface area (Å²) in [6.07, 6.45) is 1.62. The fourth-order valence-electron chi connectivity index (χ4n) is 1.67. The Bertz CT molecular complexity index is 649. The average molecular weight is 292 g/mol. The number of carboxylic acids is 1. The number of aromatic nitrogens is 4. The first-order valence-electron chi connectivity index (χ1n) is 6.71. The summed E-state index contributed by atoms with van der Waals surface area (Å²) >= 11 is 0. The van der Waals surface area contributed by atoms with Crippen LogP contribution >= 0.6 is 0 Å². The standard InChI is InChI=1S/C14H20N4O3/c1-13(2,3)10-6-9(21-16-10)7-18-8-11(15-17-18)14(4,5)12(19)20/h6,8H,7H2,1-5H3,(H,19,20). The minimum Gasteiger partial charge on any atom is -0.481 e. The van der Waals surface area contributed by atoms with Crippen LogP contribution in [0.4, 0.5) is 0 Å². The van der Waals surface area contributed by atoms with Gasteiger partial charge < -0.3 is 9.63 Å². The van der Waals surface area contributed by atoms with Crippen molar-refractivity contribution in [3.63, 3.8) is 0 Å². The van der Waals surface area contributed by atoms with Crippen molar-refractivity contribution in [2.75, 3.05) is 0 Å². The molecule has 2 heterocycles. The molecule has 0 bridgehead atoms. The summed E-state index contributed by atoms with van der Waals surface area (Å²) in [4.78, 5) is 11.2. The molecule has 0 radical (unpaired) electrons. The Kier molecular flexibility index (Phi) is 3.61. The third kappa shape index (κ3) is 3.12. The van der Waals surface area contributed by atoms with Gasteiger partial charge in [-0.1, -0.05) is 31.1 Å². The van der Waals surface area contributed by atoms with Crippen LogP contribution < -0.4 is 0 Å². The molecule has 0 saturated carbocycles. The van der Waals surface area contributed by atoms with Crippen LogP contribution in [-0.2, 0) is 22.2 Å². The smallest absolute Gasteiger partial charge is 0.315 e. The van der Waals surface area contributed by atoms with Crippen LogP contribution in [0.3, 0.4) is 0 Å². The number of carbonyl (C=O) groups is 1. The number of aliphatic carboxylic acids is 1. The van der Waals surface area contributed by atoms with Gasteiger partial charge >= 0.3 is 5.97 Å². The van der Waals surface area contributed by atoms with Crippen molar-refractivity contribution >= 4 is 5.97 Å². The Labute approximate surface area is 122 Å². The largest absolute Gasteiger partial charge is 0.481 e. The molecule has 0 aliphatic heterocycles. The molecule has 114 valence electrons. The molecule has 21 heavy (non-hydrogen) atoms. The number of rotatable bonds is 4. The van der Waals surface area contributed by atoms with Gasteiger partial charge in [-0.05, 0) is 13.8 Å². The van der Waals surface area contributed by atoms with E-state index in [1.807, 2.05) is 6.07 Å². The van der Waals surface area contributed by atoms with Crippen LogP contribution in [0.1, 0.15) is 51.8 Å². The molecule has 2 aromatic rings. The minimum absolute atomic E-state index is 0.0828. The van der Waals surface area contributed by atoms with Gasteiger partial charge in [-0.2, -0.15) is 0 Å². The van der Waals surface area contributed by atoms with Gasteiger partial charge in [0.1, 0.15) is 12.0 Å². The second kappa shape index (κ2) is 4.98. The number of nitrogens with zero attached hydrogens (tertiary/aromatic N) is 4. The SMILES string of the molecule is CC(C)(C)c1cc(Cn2cc(C(C)(C)C(=O)O)nn2)on1. The first kappa shape index (κ1) is 15.2. The number of hydrogen-bond acceptors (Lipinski definition) is 5. The van der Waals surface area contributed by atoms with Gasteiger partial charge in [-0.15, -0.1) is 5.10 Å². The maximum Gasteiger partial charge on any atom is 0.315 e. The van der Waals surface area contributed by atoms with Gasteiger partial charge in [0.05, 0.1) is 17.6 Å². The molecule has 0 saturated heterocycles. The van der Waals surface area contributed by atoms with Crippen molar-refractivity contribution in [2.24, 2.45) is 0 Å². The summed E-state index contributed by atoms with van der Waals surface area (Å²) in [7, 11) is 0. The monoisotopic (exact) mass is 292 g/mol. The van der Waals surface area contributed by atoms with Crippen molar-refractivity contribution in [1.29, 1.82) is 0 Å². The normalized spacial score (nSPS) is 12.6. The van der Waals surface area contributed by atoms with Crippen LogP contribution in [0.25, 0.3) is 0 Å². The fourth-order valence-corrected chi connectivity index (χ4v) is 1.67. The van der Waals surface area contributed by atoms with E-state index in [0.29, 0.717) is 18.0 Å². The first-order chi connectivity index (χ1) is 9.60. The van der Waals surface area contributed by atoms with E-state index in [1.54, 1.807) is 24.7 Å². The lowest BCUT2D eigenvalue weighted by Gasteiger charge is -2.14. The van der Waals surface area contributed by atoms with Crippen molar-refractivity contribution in [2.45, 2.75) is 52.0 Å². The van der Waals surface area contributed by atoms with Crippen LogP contribution in [-0.4, -0.2) is 31.2 Å². The van der Waals surface area contributed by atoms with E-state index in [-0.39, 0.29) is 5.41 Å². The van der Waals surface area contributed by atoms with E-state index in [1.165, 1.54) is 0 Å². The highest BCUT2D eigenvalue weighted by Crippen LogP contribution is 2.23. The van der Waals surface area contributed by atoms with E-state index in [2.05, 4.69) is 36.2 Å². The number of carboxylic acid groups (broad SMARTS) is 1. The molecule has 0 atom stereocenters. The molecule has 0 fully saturated rings. The molecule has 0 unspecified atom stereocenters. The summed E-state index contributed by atoms with van der Waals surface area (Å²) in [5.74, 6) is -0.284. The minimum atomic E-state index is -1.07. The zero-order valence-electron chi connectivity index (χ0n) is 12.9. The van der Waals surface area contributed by atoms with Gasteiger partial charge in [0.15, 0.2) is 5.76 Å². The molecule has 0 aromatic carbocycles. The quantitative estimate of drug-likeness (QED) is 0.926. The van der Waals surface area contributed by atoms with E-state index in [4.69, 9.17) is 4.52 Å². The predicted octanol–water partition coefficient (Wildman–Crippen LogP) is 1.97. The molecule has 2 aromatic heterocycles. The van der Waals surface area contributed by atoms with E-state index in [9.17, 15) is 9.90 Å². The summed E-state index contributed by atoms with van der Waals surface area (Å²) in [5, 5.41) is 21.1. The summed E-state index contributed by atoms with van der Waals surface area (Å²) < 4.78 is 6.83. The second-order valence-electron chi connectivity index (χ2n) is 6.66. The summed E-state index contributed by atoms with van der Waals surface area (Å²) in [6.45, 7) is 9.71. The highest BCUT2D eigenvalue weighted by molar-refractivity contribution is 5.79. The van der Waals surface area contributed by atoms with Crippen molar-refractivity contribution in [3.8, 4) is 0 Å². The molecule has 2 rings (SSSR count). The zero-order chi connectivity index (χ0) is 15.8. The highest BCUT2D eigenvalue weighted by atomic mass is 16.5. The second-order valence-corrected chi connectivity index (χ2v) is 6.66. The van der Waals surface area contributed by atoms with Crippen LogP contribution in [0.15, 0.2) is 16.8 Å². The Balaban J connectivity index is 2.17. The van der Waals surface area contributed by atoms with E-state index >= 15 is 0 Å². The van der Waals surface area contributed by atoms with Crippen LogP contribution in [0.5, 0.6) is 0 Å². The number of hydrogen-bond donors (Lipinski definition) is 1. The van der Waals surface area contributed by atoms with Crippen molar-refractivity contribution in [1.82, 2.24) is 20.2 Å². The van der Waals surface area contributed by atoms with Gasteiger partial charge in [0.2, 0.25) is 0 Å². The van der Waals surface area contributed by atoms with E-state index in [0.717, 1.165) is 5.69 Å². The van der Waals surface area contributed by atoms with Gasteiger partial charge in [0, 0.05) is 11.5 Å². The topological polar surface area (TPSA) is 94.0 Å². The van der Waals surface area contributed by atoms with Gasteiger partial charge in [0.25, 0.3) is 0 Å². The maximum atomic E-state index is 11.2. The molecular weight excluding hydrogens is 272 g/mol. The van der Waals surface area contributed by atoms with Crippen LogP contribution in [0.2, 0.25) is 0 Å². The van der Waals surface area contributed by atoms with Gasteiger partial charge in [-0.25, -0.2) is 4.68 Å².